The predicted molar refractivity (Wildman–Crippen MR) is 110 cm³/mol. The summed E-state index contributed by atoms with van der Waals surface area (Å²) in [4.78, 5) is 10.8. The fourth-order valence-electron chi connectivity index (χ4n) is 3.05. The second-order valence-electron chi connectivity index (χ2n) is 6.46. The maximum atomic E-state index is 14.8. The van der Waals surface area contributed by atoms with Crippen LogP contribution in [0.4, 0.5) is 23.2 Å². The quantitative estimate of drug-likeness (QED) is 0.319. The van der Waals surface area contributed by atoms with Crippen molar-refractivity contribution < 1.29 is 30.2 Å². The van der Waals surface area contributed by atoms with Gasteiger partial charge in [0, 0.05) is 28.1 Å². The summed E-state index contributed by atoms with van der Waals surface area (Å²) < 4.78 is 81.7. The molecule has 0 saturated carbocycles. The van der Waals surface area contributed by atoms with Gasteiger partial charge in [0.15, 0.2) is 12.0 Å². The Balaban J connectivity index is 1.83. The molecule has 7 nitrogen and oxygen atoms in total. The summed E-state index contributed by atoms with van der Waals surface area (Å²) in [6.45, 7) is 0. The molecule has 0 bridgehead atoms. The molecule has 3 aromatic heterocycles. The maximum absolute atomic E-state index is 14.8. The van der Waals surface area contributed by atoms with E-state index in [0.29, 0.717) is 33.2 Å². The molecule has 0 radical (unpaired) electrons. The summed E-state index contributed by atoms with van der Waals surface area (Å²) in [5.41, 5.74) is -3.05. The molecule has 0 unspecified atom stereocenters. The average Bonchev–Trinajstić information content (AvgIpc) is 3.03. The first-order chi connectivity index (χ1) is 14.5. The van der Waals surface area contributed by atoms with Gasteiger partial charge >= 0.3 is 5.51 Å². The van der Waals surface area contributed by atoms with Crippen molar-refractivity contribution in [2.24, 2.45) is 0 Å². The summed E-state index contributed by atoms with van der Waals surface area (Å²) in [6, 6.07) is 7.22. The van der Waals surface area contributed by atoms with E-state index in [2.05, 4.69) is 23.9 Å². The predicted octanol–water partition coefficient (Wildman–Crippen LogP) is 4.84. The SMILES string of the molecule is CS(=O)(=O)Nc1ccc(-c2c(F)cnc3[nH]c4cnc(OSC(F)(F)F)cc4c23)cc1. The molecule has 3 heterocycles. The van der Waals surface area contributed by atoms with Gasteiger partial charge in [-0.15, -0.1) is 0 Å². The Morgan fingerprint density at radius 3 is 2.48 bits per heavy atom. The Hall–Kier alpha value is -3.06. The zero-order valence-corrected chi connectivity index (χ0v) is 17.1. The number of aromatic nitrogens is 3. The first-order valence-electron chi connectivity index (χ1n) is 8.47. The van der Waals surface area contributed by atoms with E-state index in [9.17, 15) is 26.0 Å². The van der Waals surface area contributed by atoms with Gasteiger partial charge in [-0.2, -0.15) is 13.2 Å². The van der Waals surface area contributed by atoms with Crippen LogP contribution in [0.15, 0.2) is 42.7 Å². The molecule has 1 aromatic carbocycles. The lowest BCUT2D eigenvalue weighted by atomic mass is 10.0. The van der Waals surface area contributed by atoms with Crippen molar-refractivity contribution >= 4 is 49.7 Å². The van der Waals surface area contributed by atoms with E-state index in [4.69, 9.17) is 0 Å². The van der Waals surface area contributed by atoms with E-state index in [1.807, 2.05) is 0 Å². The lowest BCUT2D eigenvalue weighted by molar-refractivity contribution is -0.0370. The molecule has 162 valence electrons. The van der Waals surface area contributed by atoms with Gasteiger partial charge in [-0.05, 0) is 17.7 Å². The van der Waals surface area contributed by atoms with Gasteiger partial charge in [0.2, 0.25) is 15.9 Å². The van der Waals surface area contributed by atoms with Crippen LogP contribution in [-0.4, -0.2) is 35.1 Å². The Morgan fingerprint density at radius 1 is 1.13 bits per heavy atom. The number of rotatable bonds is 5. The fraction of sp³-hybridized carbons (Fsp3) is 0.111. The number of hydrogen-bond acceptors (Lipinski definition) is 6. The monoisotopic (exact) mass is 472 g/mol. The van der Waals surface area contributed by atoms with Gasteiger partial charge in [-0.25, -0.2) is 22.8 Å². The Kier molecular flexibility index (Phi) is 5.17. The van der Waals surface area contributed by atoms with Gasteiger partial charge in [-0.1, -0.05) is 12.1 Å². The van der Waals surface area contributed by atoms with Crippen molar-refractivity contribution in [2.75, 3.05) is 11.0 Å². The van der Waals surface area contributed by atoms with Crippen molar-refractivity contribution in [2.45, 2.75) is 5.51 Å². The zero-order chi connectivity index (χ0) is 22.4. The van der Waals surface area contributed by atoms with Crippen LogP contribution in [0, 0.1) is 5.82 Å². The van der Waals surface area contributed by atoms with E-state index in [-0.39, 0.29) is 11.4 Å². The summed E-state index contributed by atoms with van der Waals surface area (Å²) in [7, 11) is -3.48. The molecule has 31 heavy (non-hydrogen) atoms. The van der Waals surface area contributed by atoms with Crippen molar-refractivity contribution in [3.63, 3.8) is 0 Å². The molecule has 13 heteroatoms. The first-order valence-corrected chi connectivity index (χ1v) is 11.1. The smallest absolute Gasteiger partial charge is 0.397 e. The van der Waals surface area contributed by atoms with Crippen LogP contribution in [0.2, 0.25) is 0 Å². The second kappa shape index (κ2) is 7.57. The zero-order valence-electron chi connectivity index (χ0n) is 15.5. The number of sulfonamides is 1. The number of benzene rings is 1. The van der Waals surface area contributed by atoms with Gasteiger partial charge < -0.3 is 9.17 Å². The Morgan fingerprint density at radius 2 is 1.84 bits per heavy atom. The number of pyridine rings is 2. The molecule has 0 atom stereocenters. The molecule has 0 saturated heterocycles. The Bertz CT molecular complexity index is 1390. The summed E-state index contributed by atoms with van der Waals surface area (Å²) in [5, 5.41) is 0.686. The molecule has 0 amide bonds. The summed E-state index contributed by atoms with van der Waals surface area (Å²) >= 11 is -0.705. The number of hydrogen-bond donors (Lipinski definition) is 2. The summed E-state index contributed by atoms with van der Waals surface area (Å²) in [5.74, 6) is -0.972. The van der Waals surface area contributed by atoms with E-state index in [0.717, 1.165) is 12.5 Å². The summed E-state index contributed by atoms with van der Waals surface area (Å²) in [6.07, 6.45) is 3.29. The van der Waals surface area contributed by atoms with Crippen molar-refractivity contribution in [1.82, 2.24) is 15.0 Å². The third-order valence-electron chi connectivity index (χ3n) is 4.13. The van der Waals surface area contributed by atoms with Gasteiger partial charge in [0.05, 0.1) is 24.2 Å². The number of H-pyrrole nitrogens is 1. The number of nitrogens with zero attached hydrogens (tertiary/aromatic N) is 2. The lowest BCUT2D eigenvalue weighted by Crippen LogP contribution is -2.09. The average molecular weight is 472 g/mol. The normalized spacial score (nSPS) is 12.4. The maximum Gasteiger partial charge on any atom is 0.479 e. The van der Waals surface area contributed by atoms with Crippen LogP contribution in [0.5, 0.6) is 5.88 Å². The standard InChI is InChI=1S/C18H12F4N4O3S2/c1-31(27,28)26-10-4-2-9(3-5-10)15-12(19)7-24-17-16(15)11-6-14(23-8-13(11)25-17)29-30-18(20,21)22/h2-8,26H,1H3,(H,24,25). The Labute approximate surface area is 177 Å². The van der Waals surface area contributed by atoms with E-state index in [1.165, 1.54) is 36.5 Å². The molecule has 4 aromatic rings. The third-order valence-corrected chi connectivity index (χ3v) is 5.18. The van der Waals surface area contributed by atoms with E-state index < -0.39 is 33.4 Å². The number of fused-ring (bicyclic) bond motifs is 3. The van der Waals surface area contributed by atoms with Crippen LogP contribution in [0.1, 0.15) is 0 Å². The number of nitrogens with one attached hydrogen (secondary N) is 2. The van der Waals surface area contributed by atoms with E-state index >= 15 is 0 Å². The number of anilines is 1. The van der Waals surface area contributed by atoms with Crippen LogP contribution >= 0.6 is 12.0 Å². The minimum Gasteiger partial charge on any atom is -0.397 e. The minimum absolute atomic E-state index is 0.141. The van der Waals surface area contributed by atoms with Gasteiger partial charge in [0.25, 0.3) is 0 Å². The molecule has 0 aliphatic carbocycles. The fourth-order valence-corrected chi connectivity index (χ4v) is 3.89. The third kappa shape index (κ3) is 4.66. The van der Waals surface area contributed by atoms with Crippen LogP contribution in [0.3, 0.4) is 0 Å². The first kappa shape index (κ1) is 21.2. The topological polar surface area (TPSA) is 97.0 Å². The van der Waals surface area contributed by atoms with Gasteiger partial charge in [0.1, 0.15) is 11.5 Å². The van der Waals surface area contributed by atoms with Gasteiger partial charge in [-0.3, -0.25) is 4.72 Å². The van der Waals surface area contributed by atoms with Crippen molar-refractivity contribution in [3.05, 3.63) is 48.5 Å². The molecule has 4 rings (SSSR count). The highest BCUT2D eigenvalue weighted by molar-refractivity contribution is 7.95. The molecule has 0 spiro atoms. The number of aromatic amines is 1. The molecule has 2 N–H and O–H groups in total. The molecule has 0 fully saturated rings. The minimum atomic E-state index is -4.61. The molecular formula is C18H12F4N4O3S2. The highest BCUT2D eigenvalue weighted by Crippen LogP contribution is 2.38. The molecule has 0 aliphatic rings. The molecule has 0 aliphatic heterocycles. The largest absolute Gasteiger partial charge is 0.479 e. The van der Waals surface area contributed by atoms with Crippen LogP contribution < -0.4 is 8.91 Å². The highest BCUT2D eigenvalue weighted by Gasteiger charge is 2.32. The van der Waals surface area contributed by atoms with E-state index in [1.54, 1.807) is 0 Å². The molecular weight excluding hydrogens is 460 g/mol. The lowest BCUT2D eigenvalue weighted by Gasteiger charge is -2.09. The second-order valence-corrected chi connectivity index (χ2v) is 9.01. The van der Waals surface area contributed by atoms with Crippen LogP contribution in [0.25, 0.3) is 33.1 Å². The van der Waals surface area contributed by atoms with Crippen molar-refractivity contribution in [3.8, 4) is 17.0 Å². The highest BCUT2D eigenvalue weighted by atomic mass is 32.2. The van der Waals surface area contributed by atoms with Crippen LogP contribution in [-0.2, 0) is 10.0 Å². The number of halogens is 4. The van der Waals surface area contributed by atoms with Crippen molar-refractivity contribution in [1.29, 1.82) is 0 Å². The number of alkyl halides is 3.